The van der Waals surface area contributed by atoms with E-state index in [0.717, 1.165) is 11.3 Å². The quantitative estimate of drug-likeness (QED) is 0.725. The van der Waals surface area contributed by atoms with Gasteiger partial charge in [0.05, 0.1) is 5.69 Å². The Kier molecular flexibility index (Phi) is 3.54. The lowest BCUT2D eigenvalue weighted by Gasteiger charge is -2.11. The molecule has 82 valence electrons. The van der Waals surface area contributed by atoms with Gasteiger partial charge in [0.25, 0.3) is 0 Å². The van der Waals surface area contributed by atoms with Crippen molar-refractivity contribution in [3.05, 3.63) is 11.1 Å². The van der Waals surface area contributed by atoms with Crippen molar-refractivity contribution in [1.82, 2.24) is 4.98 Å². The average Bonchev–Trinajstić information content (AvgIpc) is 2.51. The van der Waals surface area contributed by atoms with Crippen molar-refractivity contribution in [3.63, 3.8) is 0 Å². The first-order valence-corrected chi connectivity index (χ1v) is 5.24. The highest BCUT2D eigenvalue weighted by molar-refractivity contribution is 7.13. The van der Waals surface area contributed by atoms with Gasteiger partial charge in [-0.2, -0.15) is 0 Å². The van der Waals surface area contributed by atoms with E-state index >= 15 is 0 Å². The van der Waals surface area contributed by atoms with Crippen LogP contribution in [0.25, 0.3) is 0 Å². The largest absolute Gasteiger partial charge is 0.386 e. The Morgan fingerprint density at radius 2 is 2.20 bits per heavy atom. The van der Waals surface area contributed by atoms with Crippen molar-refractivity contribution in [2.24, 2.45) is 0 Å². The van der Waals surface area contributed by atoms with E-state index in [1.54, 1.807) is 5.38 Å². The molecule has 2 unspecified atom stereocenters. The molecule has 0 aromatic carbocycles. The highest BCUT2D eigenvalue weighted by atomic mass is 32.1. The van der Waals surface area contributed by atoms with Gasteiger partial charge in [0.15, 0.2) is 10.9 Å². The number of carbonyl (C=O) groups is 2. The third-order valence-corrected chi connectivity index (χ3v) is 2.63. The van der Waals surface area contributed by atoms with E-state index in [0.29, 0.717) is 10.8 Å². The molecular weight excluding hydrogens is 216 g/mol. The Balaban J connectivity index is 3.04. The number of hydrogen-bond acceptors (Lipinski definition) is 6. The first-order valence-electron chi connectivity index (χ1n) is 4.36. The van der Waals surface area contributed by atoms with Gasteiger partial charge in [0.2, 0.25) is 0 Å². The predicted octanol–water partition coefficient (Wildman–Crippen LogP) is 0.348. The van der Waals surface area contributed by atoms with Gasteiger partial charge in [0.1, 0.15) is 17.8 Å². The van der Waals surface area contributed by atoms with E-state index in [-0.39, 0.29) is 5.78 Å². The van der Waals surface area contributed by atoms with Gasteiger partial charge >= 0.3 is 0 Å². The van der Waals surface area contributed by atoms with Crippen LogP contribution in [0.4, 0.5) is 5.13 Å². The van der Waals surface area contributed by atoms with Crippen molar-refractivity contribution in [1.29, 1.82) is 0 Å². The molecule has 0 aliphatic carbocycles. The summed E-state index contributed by atoms with van der Waals surface area (Å²) in [5.74, 6) is -1.89. The molecule has 6 heteroatoms. The number of Topliss-reactive ketones (excluding diaryl/α,β-unsaturated/α-hetero) is 2. The number of ketones is 2. The third kappa shape index (κ3) is 2.60. The van der Waals surface area contributed by atoms with Crippen molar-refractivity contribution in [2.75, 3.05) is 5.73 Å². The van der Waals surface area contributed by atoms with Crippen molar-refractivity contribution < 1.29 is 14.7 Å². The fourth-order valence-electron chi connectivity index (χ4n) is 1.23. The minimum atomic E-state index is -1.18. The molecule has 1 rings (SSSR count). The summed E-state index contributed by atoms with van der Waals surface area (Å²) >= 11 is 1.16. The van der Waals surface area contributed by atoms with Crippen LogP contribution >= 0.6 is 11.3 Å². The lowest BCUT2D eigenvalue weighted by molar-refractivity contribution is -0.133. The Labute approximate surface area is 90.9 Å². The number of thiazole rings is 1. The number of nitrogens with two attached hydrogens (primary N) is 1. The summed E-state index contributed by atoms with van der Waals surface area (Å²) in [5, 5.41) is 11.0. The van der Waals surface area contributed by atoms with E-state index in [9.17, 15) is 9.59 Å². The Bertz CT molecular complexity index is 386. The number of aliphatic hydroxyl groups excluding tert-OH is 1. The molecule has 1 aromatic heterocycles. The number of nitrogen functional groups attached to an aromatic ring is 1. The zero-order valence-corrected chi connectivity index (χ0v) is 9.25. The number of hydrogen-bond donors (Lipinski definition) is 2. The molecule has 0 fully saturated rings. The first kappa shape index (κ1) is 11.8. The third-order valence-electron chi connectivity index (χ3n) is 1.94. The zero-order chi connectivity index (χ0) is 11.6. The minimum absolute atomic E-state index is 0.301. The normalized spacial score (nSPS) is 14.6. The molecule has 2 atom stereocenters. The Hall–Kier alpha value is -1.27. The number of aromatic nitrogens is 1. The summed E-state index contributed by atoms with van der Waals surface area (Å²) < 4.78 is 0. The topological polar surface area (TPSA) is 93.3 Å². The SMILES string of the molecule is CC(=O)C(C(=O)C(C)O)c1csc(N)n1. The molecule has 0 radical (unpaired) electrons. The lowest BCUT2D eigenvalue weighted by atomic mass is 9.94. The van der Waals surface area contributed by atoms with E-state index < -0.39 is 17.8 Å². The zero-order valence-electron chi connectivity index (χ0n) is 8.43. The van der Waals surface area contributed by atoms with Crippen LogP contribution in [0.3, 0.4) is 0 Å². The van der Waals surface area contributed by atoms with Crippen LogP contribution in [0.1, 0.15) is 25.5 Å². The highest BCUT2D eigenvalue weighted by Gasteiger charge is 2.30. The van der Waals surface area contributed by atoms with Crippen LogP contribution < -0.4 is 5.73 Å². The van der Waals surface area contributed by atoms with Gasteiger partial charge in [-0.05, 0) is 13.8 Å². The van der Waals surface area contributed by atoms with Gasteiger partial charge in [-0.3, -0.25) is 9.59 Å². The second-order valence-electron chi connectivity index (χ2n) is 3.23. The number of rotatable bonds is 4. The van der Waals surface area contributed by atoms with E-state index in [1.807, 2.05) is 0 Å². The average molecular weight is 228 g/mol. The van der Waals surface area contributed by atoms with Gasteiger partial charge in [-0.25, -0.2) is 4.98 Å². The highest BCUT2D eigenvalue weighted by Crippen LogP contribution is 2.22. The second-order valence-corrected chi connectivity index (χ2v) is 4.12. The fraction of sp³-hybridized carbons (Fsp3) is 0.444. The fourth-order valence-corrected chi connectivity index (χ4v) is 1.82. The number of anilines is 1. The van der Waals surface area contributed by atoms with Crippen molar-refractivity contribution in [2.45, 2.75) is 25.9 Å². The summed E-state index contributed by atoms with van der Waals surface area (Å²) in [5.41, 5.74) is 5.73. The number of carbonyl (C=O) groups excluding carboxylic acids is 2. The van der Waals surface area contributed by atoms with Crippen molar-refractivity contribution >= 4 is 28.0 Å². The predicted molar refractivity (Wildman–Crippen MR) is 56.6 cm³/mol. The molecule has 0 aliphatic heterocycles. The summed E-state index contributed by atoms with van der Waals surface area (Å²) in [6.45, 7) is 2.62. The molecule has 1 heterocycles. The van der Waals surface area contributed by atoms with Gasteiger partial charge < -0.3 is 10.8 Å². The maximum atomic E-state index is 11.5. The molecule has 0 aliphatic rings. The molecule has 1 aromatic rings. The minimum Gasteiger partial charge on any atom is -0.386 e. The molecule has 15 heavy (non-hydrogen) atoms. The Morgan fingerprint density at radius 3 is 2.53 bits per heavy atom. The van der Waals surface area contributed by atoms with Crippen LogP contribution in [0.5, 0.6) is 0 Å². The molecule has 0 amide bonds. The summed E-state index contributed by atoms with van der Waals surface area (Å²) in [7, 11) is 0. The van der Waals surface area contributed by atoms with Gasteiger partial charge in [-0.1, -0.05) is 0 Å². The lowest BCUT2D eigenvalue weighted by Crippen LogP contribution is -2.28. The molecular formula is C9H12N2O3S. The maximum Gasteiger partial charge on any atom is 0.180 e. The van der Waals surface area contributed by atoms with Crippen LogP contribution in [0.2, 0.25) is 0 Å². The van der Waals surface area contributed by atoms with Crippen LogP contribution in [0, 0.1) is 0 Å². The van der Waals surface area contributed by atoms with Gasteiger partial charge in [-0.15, -0.1) is 11.3 Å². The van der Waals surface area contributed by atoms with Crippen LogP contribution in [-0.4, -0.2) is 27.8 Å². The second kappa shape index (κ2) is 4.50. The summed E-state index contributed by atoms with van der Waals surface area (Å²) in [6.07, 6.45) is -1.18. The molecule has 0 bridgehead atoms. The number of nitrogens with zero attached hydrogens (tertiary/aromatic N) is 1. The molecule has 0 spiro atoms. The van der Waals surface area contributed by atoms with Crippen LogP contribution in [-0.2, 0) is 9.59 Å². The van der Waals surface area contributed by atoms with E-state index in [4.69, 9.17) is 10.8 Å². The smallest absolute Gasteiger partial charge is 0.180 e. The summed E-state index contributed by atoms with van der Waals surface area (Å²) in [6, 6.07) is 0. The molecule has 0 saturated heterocycles. The van der Waals surface area contributed by atoms with Crippen molar-refractivity contribution in [3.8, 4) is 0 Å². The Morgan fingerprint density at radius 1 is 1.60 bits per heavy atom. The van der Waals surface area contributed by atoms with E-state index in [2.05, 4.69) is 4.98 Å². The summed E-state index contributed by atoms with van der Waals surface area (Å²) in [4.78, 5) is 26.7. The number of aliphatic hydroxyl groups is 1. The molecule has 3 N–H and O–H groups in total. The monoisotopic (exact) mass is 228 g/mol. The van der Waals surface area contributed by atoms with Crippen LogP contribution in [0.15, 0.2) is 5.38 Å². The molecule has 0 saturated carbocycles. The first-order chi connectivity index (χ1) is 6.93. The van der Waals surface area contributed by atoms with E-state index in [1.165, 1.54) is 13.8 Å². The molecule has 5 nitrogen and oxygen atoms in total. The maximum absolute atomic E-state index is 11.5. The standard InChI is InChI=1S/C9H12N2O3S/c1-4(12)7(8(14)5(2)13)6-3-15-9(10)11-6/h3,5,7,13H,1-2H3,(H2,10,11). The van der Waals surface area contributed by atoms with Gasteiger partial charge in [0, 0.05) is 5.38 Å².